The van der Waals surface area contributed by atoms with Gasteiger partial charge in [-0.2, -0.15) is 0 Å². The first kappa shape index (κ1) is 8.85. The molecule has 0 amide bonds. The Kier molecular flexibility index (Phi) is 1.91. The van der Waals surface area contributed by atoms with E-state index in [0.29, 0.717) is 4.31 Å². The summed E-state index contributed by atoms with van der Waals surface area (Å²) in [5, 5.41) is 0. The maximum Gasteiger partial charge on any atom is 0.185 e. The summed E-state index contributed by atoms with van der Waals surface area (Å²) in [4.78, 5) is 0.118. The van der Waals surface area contributed by atoms with Crippen LogP contribution in [-0.4, -0.2) is 34.3 Å². The molecular weight excluding hydrogens is 188 g/mol. The Labute approximate surface area is 70.1 Å². The predicted octanol–water partition coefficient (Wildman–Crippen LogP) is -1.91. The van der Waals surface area contributed by atoms with Gasteiger partial charge in [0, 0.05) is 0 Å². The van der Waals surface area contributed by atoms with Gasteiger partial charge in [0.15, 0.2) is 21.3 Å². The Morgan fingerprint density at radius 2 is 2.18 bits per heavy atom. The van der Waals surface area contributed by atoms with Gasteiger partial charge in [0.05, 0.1) is 0 Å². The average molecular weight is 196 g/mol. The van der Waals surface area contributed by atoms with Crippen molar-refractivity contribution in [3.63, 3.8) is 0 Å². The van der Waals surface area contributed by atoms with E-state index < -0.39 is 10.3 Å². The topological polar surface area (TPSA) is 88.1 Å². The molecule has 1 saturated heterocycles. The molecule has 0 aromatic carbocycles. The Balaban J connectivity index is 2.88. The summed E-state index contributed by atoms with van der Waals surface area (Å²) in [7, 11) is -4.40. The normalized spacial score (nSPS) is 31.9. The summed E-state index contributed by atoms with van der Waals surface area (Å²) in [6, 6.07) is -0.612. The second-order valence-electron chi connectivity index (χ2n) is 2.44. The molecule has 2 atom stereocenters. The van der Waals surface area contributed by atoms with Crippen LogP contribution in [0.4, 0.5) is 0 Å². The molecule has 0 radical (unpaired) electrons. The molecule has 0 spiro atoms. The van der Waals surface area contributed by atoms with Crippen molar-refractivity contribution in [3.8, 4) is 0 Å². The second kappa shape index (κ2) is 2.37. The number of quaternary nitrogens is 1. The van der Waals surface area contributed by atoms with Crippen molar-refractivity contribution in [2.75, 3.05) is 0 Å². The van der Waals surface area contributed by atoms with Gasteiger partial charge in [-0.3, -0.25) is 4.31 Å². The summed E-state index contributed by atoms with van der Waals surface area (Å²) in [5.74, 6) is 0. The van der Waals surface area contributed by atoms with Crippen LogP contribution in [0.3, 0.4) is 0 Å². The van der Waals surface area contributed by atoms with Gasteiger partial charge in [0.1, 0.15) is 6.04 Å². The highest BCUT2D eigenvalue weighted by molar-refractivity contribution is 7.87. The fraction of sp³-hybridized carbons (Fsp3) is 0.750. The summed E-state index contributed by atoms with van der Waals surface area (Å²) < 4.78 is 32.0. The minimum Gasteiger partial charge on any atom is -0.731 e. The van der Waals surface area contributed by atoms with Crippen LogP contribution in [0.2, 0.25) is 0 Å². The van der Waals surface area contributed by atoms with Crippen molar-refractivity contribution >= 4 is 27.5 Å². The third-order valence-electron chi connectivity index (χ3n) is 1.73. The molecule has 5 nitrogen and oxygen atoms in total. The summed E-state index contributed by atoms with van der Waals surface area (Å²) in [6.45, 7) is 1.60. The number of nitrogens with zero attached hydrogens (tertiary/aromatic N) is 1. The molecule has 64 valence electrons. The molecule has 1 aliphatic rings. The molecule has 0 aromatic heterocycles. The Morgan fingerprint density at radius 3 is 2.36 bits per heavy atom. The summed E-state index contributed by atoms with van der Waals surface area (Å²) >= 11 is 4.64. The molecule has 0 bridgehead atoms. The molecule has 0 aromatic rings. The minimum absolute atomic E-state index is 0.118. The molecule has 11 heavy (non-hydrogen) atoms. The van der Waals surface area contributed by atoms with Crippen LogP contribution in [0.1, 0.15) is 6.92 Å². The lowest BCUT2D eigenvalue weighted by Crippen LogP contribution is -2.83. The third kappa shape index (κ3) is 1.24. The molecular formula is C4H8N2O3S2. The Bertz CT molecular complexity index is 286. The maximum absolute atomic E-state index is 10.4. The van der Waals surface area contributed by atoms with E-state index in [0.717, 1.165) is 0 Å². The van der Waals surface area contributed by atoms with E-state index in [1.54, 1.807) is 6.92 Å². The smallest absolute Gasteiger partial charge is 0.185 e. The lowest BCUT2D eigenvalue weighted by atomic mass is 10.0. The highest BCUT2D eigenvalue weighted by atomic mass is 32.2. The predicted molar refractivity (Wildman–Crippen MR) is 40.3 cm³/mol. The summed E-state index contributed by atoms with van der Waals surface area (Å²) in [6.07, 6.45) is 0. The molecule has 1 fully saturated rings. The lowest BCUT2D eigenvalue weighted by Gasteiger charge is -2.43. The Hall–Kier alpha value is -0.240. The molecule has 1 rings (SSSR count). The fourth-order valence-corrected chi connectivity index (χ4v) is 2.51. The van der Waals surface area contributed by atoms with Crippen molar-refractivity contribution in [2.24, 2.45) is 0 Å². The monoisotopic (exact) mass is 196 g/mol. The van der Waals surface area contributed by atoms with Gasteiger partial charge in [-0.15, -0.1) is 0 Å². The van der Waals surface area contributed by atoms with E-state index in [1.807, 2.05) is 0 Å². The van der Waals surface area contributed by atoms with Crippen LogP contribution < -0.4 is 5.73 Å². The van der Waals surface area contributed by atoms with Crippen molar-refractivity contribution in [1.82, 2.24) is 4.31 Å². The van der Waals surface area contributed by atoms with Gasteiger partial charge in [0.2, 0.25) is 0 Å². The molecule has 1 aliphatic heterocycles. The summed E-state index contributed by atoms with van der Waals surface area (Å²) in [5.41, 5.74) is 3.58. The van der Waals surface area contributed by atoms with E-state index in [9.17, 15) is 13.0 Å². The first-order valence-electron chi connectivity index (χ1n) is 2.98. The third-order valence-corrected chi connectivity index (χ3v) is 3.35. The van der Waals surface area contributed by atoms with Gasteiger partial charge < -0.3 is 10.3 Å². The van der Waals surface area contributed by atoms with Gasteiger partial charge in [-0.1, -0.05) is 12.2 Å². The van der Waals surface area contributed by atoms with Crippen LogP contribution in [-0.2, 0) is 10.3 Å². The van der Waals surface area contributed by atoms with E-state index in [2.05, 4.69) is 18.0 Å². The van der Waals surface area contributed by atoms with Gasteiger partial charge >= 0.3 is 0 Å². The molecule has 0 aliphatic carbocycles. The zero-order valence-electron chi connectivity index (χ0n) is 5.85. The van der Waals surface area contributed by atoms with Crippen LogP contribution in [0.25, 0.3) is 0 Å². The highest BCUT2D eigenvalue weighted by Crippen LogP contribution is 2.20. The maximum atomic E-state index is 10.4. The standard InChI is InChI=1S/C4H8N2O3S2/c1-2-3(5)4(10)6(2)11(7,8)9/h2-3H,5H2,1H3,(H,7,8,9)/t2-,3-/m0/s1. The fourth-order valence-electron chi connectivity index (χ4n) is 0.966. The van der Waals surface area contributed by atoms with E-state index in [1.165, 1.54) is 0 Å². The van der Waals surface area contributed by atoms with Gasteiger partial charge in [0.25, 0.3) is 0 Å². The zero-order chi connectivity index (χ0) is 8.81. The van der Waals surface area contributed by atoms with Gasteiger partial charge in [-0.05, 0) is 6.92 Å². The number of thiocarbonyl (C=S) groups is 1. The van der Waals surface area contributed by atoms with Crippen LogP contribution >= 0.6 is 12.2 Å². The highest BCUT2D eigenvalue weighted by Gasteiger charge is 2.45. The largest absolute Gasteiger partial charge is 0.731 e. The zero-order valence-corrected chi connectivity index (χ0v) is 7.48. The Morgan fingerprint density at radius 1 is 1.73 bits per heavy atom. The first-order valence-corrected chi connectivity index (χ1v) is 4.75. The average Bonchev–Trinajstić information content (AvgIpc) is 1.85. The van der Waals surface area contributed by atoms with Crippen molar-refractivity contribution in [1.29, 1.82) is 0 Å². The van der Waals surface area contributed by atoms with Crippen molar-refractivity contribution in [3.05, 3.63) is 0 Å². The minimum atomic E-state index is -4.40. The number of hydrogen-bond donors (Lipinski definition) is 1. The van der Waals surface area contributed by atoms with Gasteiger partial charge in [-0.25, -0.2) is 8.42 Å². The van der Waals surface area contributed by atoms with Crippen LogP contribution in [0.5, 0.6) is 0 Å². The van der Waals surface area contributed by atoms with E-state index in [4.69, 9.17) is 0 Å². The number of rotatable bonds is 1. The van der Waals surface area contributed by atoms with Crippen LogP contribution in [0, 0.1) is 0 Å². The molecule has 0 unspecified atom stereocenters. The molecule has 3 N–H and O–H groups in total. The van der Waals surface area contributed by atoms with E-state index >= 15 is 0 Å². The first-order chi connectivity index (χ1) is 4.85. The second-order valence-corrected chi connectivity index (χ2v) is 4.11. The van der Waals surface area contributed by atoms with Crippen molar-refractivity contribution in [2.45, 2.75) is 19.0 Å². The van der Waals surface area contributed by atoms with Crippen LogP contribution in [0.15, 0.2) is 0 Å². The quantitative estimate of drug-likeness (QED) is 0.391. The number of hydrogen-bond acceptors (Lipinski definition) is 4. The molecule has 0 saturated carbocycles. The molecule has 1 heterocycles. The lowest BCUT2D eigenvalue weighted by molar-refractivity contribution is -0.414. The SMILES string of the molecule is C[C@H]1[C@H]([NH3+])C(=S)N1S(=O)(=O)[O-]. The van der Waals surface area contributed by atoms with E-state index in [-0.39, 0.29) is 17.1 Å². The van der Waals surface area contributed by atoms with Crippen molar-refractivity contribution < 1.29 is 18.7 Å². The molecule has 7 heteroatoms.